The third kappa shape index (κ3) is 3.57. The summed E-state index contributed by atoms with van der Waals surface area (Å²) in [6.45, 7) is 0. The second-order valence-electron chi connectivity index (χ2n) is 6.03. The van der Waals surface area contributed by atoms with Gasteiger partial charge < -0.3 is 5.32 Å². The van der Waals surface area contributed by atoms with Crippen molar-refractivity contribution in [2.24, 2.45) is 7.05 Å². The van der Waals surface area contributed by atoms with E-state index >= 15 is 0 Å². The van der Waals surface area contributed by atoms with Crippen LogP contribution in [0.25, 0.3) is 11.3 Å². The van der Waals surface area contributed by atoms with Crippen LogP contribution in [-0.2, 0) is 7.05 Å². The van der Waals surface area contributed by atoms with E-state index in [1.54, 1.807) is 13.1 Å². The van der Waals surface area contributed by atoms with Crippen LogP contribution < -0.4 is 5.32 Å². The third-order valence-electron chi connectivity index (χ3n) is 4.16. The summed E-state index contributed by atoms with van der Waals surface area (Å²) in [5.41, 5.74) is 1.97. The molecule has 0 saturated heterocycles. The lowest BCUT2D eigenvalue weighted by Crippen LogP contribution is -2.42. The number of halogens is 2. The Bertz CT molecular complexity index is 697. The van der Waals surface area contributed by atoms with Gasteiger partial charge in [0.25, 0.3) is 5.91 Å². The van der Waals surface area contributed by atoms with Gasteiger partial charge in [-0.1, -0.05) is 30.3 Å². The lowest BCUT2D eigenvalue weighted by Gasteiger charge is -2.29. The number of carbonyl (C=O) groups is 1. The second kappa shape index (κ2) is 6.10. The highest BCUT2D eigenvalue weighted by Gasteiger charge is 2.37. The minimum atomic E-state index is -2.68. The van der Waals surface area contributed by atoms with E-state index in [1.807, 2.05) is 30.3 Å². The number of rotatable bonds is 3. The molecule has 1 amide bonds. The largest absolute Gasteiger partial charge is 0.348 e. The van der Waals surface area contributed by atoms with Crippen LogP contribution in [0.4, 0.5) is 8.78 Å². The van der Waals surface area contributed by atoms with Gasteiger partial charge in [-0.15, -0.1) is 0 Å². The van der Waals surface area contributed by atoms with Gasteiger partial charge in [0.05, 0.1) is 5.69 Å². The summed E-state index contributed by atoms with van der Waals surface area (Å²) in [6.07, 6.45) is 0.634. The number of amides is 1. The van der Waals surface area contributed by atoms with E-state index in [9.17, 15) is 13.6 Å². The number of hydrogen-bond acceptors (Lipinski definition) is 2. The normalized spacial score (nSPS) is 20.2. The van der Waals surface area contributed by atoms with E-state index < -0.39 is 12.0 Å². The summed E-state index contributed by atoms with van der Waals surface area (Å²) < 4.78 is 28.4. The Labute approximate surface area is 133 Å². The topological polar surface area (TPSA) is 46.9 Å². The first kappa shape index (κ1) is 15.6. The van der Waals surface area contributed by atoms with E-state index in [1.165, 1.54) is 4.68 Å². The fourth-order valence-corrected chi connectivity index (χ4v) is 2.98. The first-order valence-corrected chi connectivity index (χ1v) is 7.73. The van der Waals surface area contributed by atoms with Gasteiger partial charge >= 0.3 is 0 Å². The number of aryl methyl sites for hydroxylation is 1. The van der Waals surface area contributed by atoms with Gasteiger partial charge in [0.2, 0.25) is 5.92 Å². The van der Waals surface area contributed by atoms with Crippen molar-refractivity contribution in [3.63, 3.8) is 0 Å². The average Bonchev–Trinajstić information content (AvgIpc) is 2.89. The SMILES string of the molecule is Cn1nc(-c2ccccc2)cc1C(=O)NC1CCCC(F)(F)C1. The molecule has 0 bridgehead atoms. The van der Waals surface area contributed by atoms with Crippen LogP contribution in [0.1, 0.15) is 36.2 Å². The lowest BCUT2D eigenvalue weighted by molar-refractivity contribution is -0.0430. The summed E-state index contributed by atoms with van der Waals surface area (Å²) in [6, 6.07) is 10.7. The molecule has 1 aromatic carbocycles. The molecule has 122 valence electrons. The zero-order chi connectivity index (χ0) is 16.4. The molecule has 1 saturated carbocycles. The molecule has 1 heterocycles. The van der Waals surface area contributed by atoms with Crippen LogP contribution in [0, 0.1) is 0 Å². The molecular weight excluding hydrogens is 300 g/mol. The van der Waals surface area contributed by atoms with Gasteiger partial charge in [-0.25, -0.2) is 8.78 Å². The Hall–Kier alpha value is -2.24. The highest BCUT2D eigenvalue weighted by molar-refractivity contribution is 5.93. The third-order valence-corrected chi connectivity index (χ3v) is 4.16. The van der Waals surface area contributed by atoms with Crippen molar-refractivity contribution in [1.29, 1.82) is 0 Å². The molecule has 2 aromatic rings. The Morgan fingerprint density at radius 3 is 2.78 bits per heavy atom. The molecule has 23 heavy (non-hydrogen) atoms. The lowest BCUT2D eigenvalue weighted by atomic mass is 9.92. The summed E-state index contributed by atoms with van der Waals surface area (Å²) in [7, 11) is 1.68. The van der Waals surface area contributed by atoms with Crippen molar-refractivity contribution in [3.05, 3.63) is 42.1 Å². The molecule has 0 aliphatic heterocycles. The zero-order valence-electron chi connectivity index (χ0n) is 12.9. The molecule has 1 atom stereocenters. The summed E-state index contributed by atoms with van der Waals surface area (Å²) in [5, 5.41) is 7.05. The first-order valence-electron chi connectivity index (χ1n) is 7.73. The maximum Gasteiger partial charge on any atom is 0.269 e. The smallest absolute Gasteiger partial charge is 0.269 e. The van der Waals surface area contributed by atoms with E-state index in [2.05, 4.69) is 10.4 Å². The fraction of sp³-hybridized carbons (Fsp3) is 0.412. The second-order valence-corrected chi connectivity index (χ2v) is 6.03. The van der Waals surface area contributed by atoms with Gasteiger partial charge in [0.15, 0.2) is 0 Å². The van der Waals surface area contributed by atoms with Crippen LogP contribution in [0.15, 0.2) is 36.4 Å². The predicted octanol–water partition coefficient (Wildman–Crippen LogP) is 3.39. The number of nitrogens with zero attached hydrogens (tertiary/aromatic N) is 2. The van der Waals surface area contributed by atoms with Crippen LogP contribution >= 0.6 is 0 Å². The number of benzene rings is 1. The molecule has 1 unspecified atom stereocenters. The standard InChI is InChI=1S/C17H19F2N3O/c1-22-15(10-14(21-22)12-6-3-2-4-7-12)16(23)20-13-8-5-9-17(18,19)11-13/h2-4,6-7,10,13H,5,8-9,11H2,1H3,(H,20,23). The van der Waals surface area contributed by atoms with E-state index in [0.717, 1.165) is 5.56 Å². The van der Waals surface area contributed by atoms with Gasteiger partial charge in [-0.3, -0.25) is 9.48 Å². The molecule has 6 heteroatoms. The number of alkyl halides is 2. The number of nitrogens with one attached hydrogen (secondary N) is 1. The molecule has 1 N–H and O–H groups in total. The van der Waals surface area contributed by atoms with Gasteiger partial charge in [0.1, 0.15) is 5.69 Å². The molecule has 1 fully saturated rings. The van der Waals surface area contributed by atoms with Crippen molar-refractivity contribution in [2.75, 3.05) is 0 Å². The van der Waals surface area contributed by atoms with Crippen molar-refractivity contribution < 1.29 is 13.6 Å². The number of carbonyl (C=O) groups excluding carboxylic acids is 1. The molecule has 3 rings (SSSR count). The molecule has 1 aromatic heterocycles. The van der Waals surface area contributed by atoms with Gasteiger partial charge in [0, 0.05) is 31.5 Å². The van der Waals surface area contributed by atoms with Crippen molar-refractivity contribution >= 4 is 5.91 Å². The molecule has 0 spiro atoms. The van der Waals surface area contributed by atoms with Crippen molar-refractivity contribution in [3.8, 4) is 11.3 Å². The highest BCUT2D eigenvalue weighted by Crippen LogP contribution is 2.33. The van der Waals surface area contributed by atoms with Crippen LogP contribution in [0.3, 0.4) is 0 Å². The summed E-state index contributed by atoms with van der Waals surface area (Å²) >= 11 is 0. The minimum Gasteiger partial charge on any atom is -0.348 e. The Kier molecular flexibility index (Phi) is 4.15. The maximum absolute atomic E-state index is 13.4. The fourth-order valence-electron chi connectivity index (χ4n) is 2.98. The molecule has 1 aliphatic rings. The molecule has 0 radical (unpaired) electrons. The Balaban J connectivity index is 1.74. The minimum absolute atomic E-state index is 0.0940. The van der Waals surface area contributed by atoms with E-state index in [0.29, 0.717) is 24.2 Å². The number of hydrogen-bond donors (Lipinski definition) is 1. The molecular formula is C17H19F2N3O. The number of aromatic nitrogens is 2. The van der Waals surface area contributed by atoms with Gasteiger partial charge in [-0.05, 0) is 18.9 Å². The van der Waals surface area contributed by atoms with Crippen LogP contribution in [-0.4, -0.2) is 27.7 Å². The molecule has 1 aliphatic carbocycles. The predicted molar refractivity (Wildman–Crippen MR) is 83.3 cm³/mol. The Morgan fingerprint density at radius 1 is 1.35 bits per heavy atom. The molecule has 4 nitrogen and oxygen atoms in total. The average molecular weight is 319 g/mol. The van der Waals surface area contributed by atoms with E-state index in [4.69, 9.17) is 0 Å². The monoisotopic (exact) mass is 319 g/mol. The van der Waals surface area contributed by atoms with Gasteiger partial charge in [-0.2, -0.15) is 5.10 Å². The summed E-state index contributed by atoms with van der Waals surface area (Å²) in [5.74, 6) is -3.04. The summed E-state index contributed by atoms with van der Waals surface area (Å²) in [4.78, 5) is 12.4. The van der Waals surface area contributed by atoms with Crippen LogP contribution in [0.5, 0.6) is 0 Å². The highest BCUT2D eigenvalue weighted by atomic mass is 19.3. The van der Waals surface area contributed by atoms with Crippen molar-refractivity contribution in [2.45, 2.75) is 37.6 Å². The maximum atomic E-state index is 13.4. The Morgan fingerprint density at radius 2 is 2.09 bits per heavy atom. The van der Waals surface area contributed by atoms with Crippen molar-refractivity contribution in [1.82, 2.24) is 15.1 Å². The first-order chi connectivity index (χ1) is 10.9. The van der Waals surface area contributed by atoms with E-state index in [-0.39, 0.29) is 18.7 Å². The zero-order valence-corrected chi connectivity index (χ0v) is 12.9. The van der Waals surface area contributed by atoms with Crippen LogP contribution in [0.2, 0.25) is 0 Å². The quantitative estimate of drug-likeness (QED) is 0.942.